The minimum absolute atomic E-state index is 0. The molecule has 1 unspecified atom stereocenters. The highest BCUT2D eigenvalue weighted by molar-refractivity contribution is 7.14. The number of rotatable bonds is 3. The summed E-state index contributed by atoms with van der Waals surface area (Å²) in [6.07, 6.45) is -0.436. The number of ether oxygens (including phenoxy) is 1. The van der Waals surface area contributed by atoms with Crippen LogP contribution in [0.3, 0.4) is 0 Å². The summed E-state index contributed by atoms with van der Waals surface area (Å²) in [7, 11) is 0. The molecule has 21 heavy (non-hydrogen) atoms. The normalized spacial score (nSPS) is 17.8. The van der Waals surface area contributed by atoms with Crippen molar-refractivity contribution in [2.75, 3.05) is 25.0 Å². The van der Waals surface area contributed by atoms with Gasteiger partial charge in [0.2, 0.25) is 0 Å². The van der Waals surface area contributed by atoms with E-state index in [1.54, 1.807) is 5.51 Å². The smallest absolute Gasteiger partial charge is 0.255 e. The summed E-state index contributed by atoms with van der Waals surface area (Å²) >= 11 is 1.42. The molecular weight excluding hydrogens is 310 g/mol. The van der Waals surface area contributed by atoms with E-state index >= 15 is 0 Å². The zero-order chi connectivity index (χ0) is 13.8. The molecule has 5 nitrogen and oxygen atoms in total. The number of anilines is 1. The molecule has 2 aromatic rings. The van der Waals surface area contributed by atoms with Crippen LogP contribution < -0.4 is 10.6 Å². The Balaban J connectivity index is 0.00000161. The van der Waals surface area contributed by atoms with Gasteiger partial charge in [0.1, 0.15) is 16.8 Å². The molecule has 0 bridgehead atoms. The zero-order valence-electron chi connectivity index (χ0n) is 11.2. The SMILES string of the molecule is Cl.O=C(Nc1scnc1-c1ccccc1)C1CNCCO1. The molecule has 2 N–H and O–H groups in total. The predicted molar refractivity (Wildman–Crippen MR) is 86.0 cm³/mol. The number of hydrogen-bond donors (Lipinski definition) is 2. The fraction of sp³-hybridized carbons (Fsp3) is 0.286. The average molecular weight is 326 g/mol. The van der Waals surface area contributed by atoms with E-state index in [-0.39, 0.29) is 18.3 Å². The highest BCUT2D eigenvalue weighted by atomic mass is 35.5. The van der Waals surface area contributed by atoms with Crippen molar-refractivity contribution in [1.82, 2.24) is 10.3 Å². The molecule has 1 atom stereocenters. The molecule has 0 radical (unpaired) electrons. The van der Waals surface area contributed by atoms with E-state index in [4.69, 9.17) is 4.74 Å². The number of amides is 1. The van der Waals surface area contributed by atoms with E-state index in [0.29, 0.717) is 13.2 Å². The van der Waals surface area contributed by atoms with Gasteiger partial charge in [-0.25, -0.2) is 4.98 Å². The van der Waals surface area contributed by atoms with Gasteiger partial charge in [0.25, 0.3) is 5.91 Å². The summed E-state index contributed by atoms with van der Waals surface area (Å²) in [6, 6.07) is 9.81. The first-order valence-electron chi connectivity index (χ1n) is 6.46. The summed E-state index contributed by atoms with van der Waals surface area (Å²) in [5, 5.41) is 6.81. The molecule has 0 saturated carbocycles. The molecular formula is C14H16ClN3O2S. The lowest BCUT2D eigenvalue weighted by Crippen LogP contribution is -2.45. The molecule has 1 aromatic carbocycles. The minimum Gasteiger partial charge on any atom is -0.366 e. The van der Waals surface area contributed by atoms with E-state index in [1.165, 1.54) is 11.3 Å². The van der Waals surface area contributed by atoms with Crippen molar-refractivity contribution in [3.8, 4) is 11.3 Å². The molecule has 1 aliphatic rings. The fourth-order valence-electron chi connectivity index (χ4n) is 2.06. The van der Waals surface area contributed by atoms with E-state index < -0.39 is 6.10 Å². The van der Waals surface area contributed by atoms with Crippen LogP contribution in [0.2, 0.25) is 0 Å². The summed E-state index contributed by atoms with van der Waals surface area (Å²) < 4.78 is 5.44. The van der Waals surface area contributed by atoms with Gasteiger partial charge in [-0.3, -0.25) is 4.79 Å². The second-order valence-electron chi connectivity index (χ2n) is 4.45. The third-order valence-corrected chi connectivity index (χ3v) is 3.81. The molecule has 1 saturated heterocycles. The second-order valence-corrected chi connectivity index (χ2v) is 5.30. The highest BCUT2D eigenvalue weighted by Crippen LogP contribution is 2.30. The van der Waals surface area contributed by atoms with Crippen LogP contribution in [0.1, 0.15) is 0 Å². The third-order valence-electron chi connectivity index (χ3n) is 3.07. The molecule has 1 fully saturated rings. The van der Waals surface area contributed by atoms with Gasteiger partial charge in [0.05, 0.1) is 12.1 Å². The first-order valence-corrected chi connectivity index (χ1v) is 7.34. The van der Waals surface area contributed by atoms with Crippen LogP contribution >= 0.6 is 23.7 Å². The number of morpholine rings is 1. The molecule has 112 valence electrons. The molecule has 7 heteroatoms. The highest BCUT2D eigenvalue weighted by Gasteiger charge is 2.23. The van der Waals surface area contributed by atoms with Gasteiger partial charge in [-0.1, -0.05) is 30.3 Å². The third kappa shape index (κ3) is 3.79. The number of aromatic nitrogens is 1. The van der Waals surface area contributed by atoms with Crippen LogP contribution in [0.5, 0.6) is 0 Å². The van der Waals surface area contributed by atoms with Gasteiger partial charge >= 0.3 is 0 Å². The number of thiazole rings is 1. The van der Waals surface area contributed by atoms with Crippen LogP contribution in [0.4, 0.5) is 5.00 Å². The standard InChI is InChI=1S/C14H15N3O2S.ClH/c18-13(11-8-15-6-7-19-11)17-14-12(16-9-20-14)10-4-2-1-3-5-10;/h1-5,9,11,15H,6-8H2,(H,17,18);1H. The Labute approximate surface area is 133 Å². The van der Waals surface area contributed by atoms with Gasteiger partial charge < -0.3 is 15.4 Å². The van der Waals surface area contributed by atoms with Gasteiger partial charge in [-0.05, 0) is 0 Å². The fourth-order valence-corrected chi connectivity index (χ4v) is 2.77. The zero-order valence-corrected chi connectivity index (χ0v) is 12.9. The Morgan fingerprint density at radius 2 is 2.19 bits per heavy atom. The Morgan fingerprint density at radius 1 is 1.38 bits per heavy atom. The van der Waals surface area contributed by atoms with Crippen molar-refractivity contribution in [3.63, 3.8) is 0 Å². The molecule has 1 amide bonds. The van der Waals surface area contributed by atoms with Crippen molar-refractivity contribution >= 4 is 34.7 Å². The summed E-state index contributed by atoms with van der Waals surface area (Å²) in [5.41, 5.74) is 3.53. The molecule has 0 spiro atoms. The van der Waals surface area contributed by atoms with Crippen molar-refractivity contribution < 1.29 is 9.53 Å². The molecule has 3 rings (SSSR count). The Bertz CT molecular complexity index is 585. The van der Waals surface area contributed by atoms with E-state index in [2.05, 4.69) is 15.6 Å². The summed E-state index contributed by atoms with van der Waals surface area (Å²) in [6.45, 7) is 1.90. The van der Waals surface area contributed by atoms with Crippen LogP contribution in [0.25, 0.3) is 11.3 Å². The maximum absolute atomic E-state index is 12.2. The number of carbonyl (C=O) groups is 1. The lowest BCUT2D eigenvalue weighted by Gasteiger charge is -2.22. The van der Waals surface area contributed by atoms with Crippen LogP contribution in [-0.2, 0) is 9.53 Å². The van der Waals surface area contributed by atoms with E-state index in [1.807, 2.05) is 30.3 Å². The first kappa shape index (κ1) is 15.9. The number of nitrogens with zero attached hydrogens (tertiary/aromatic N) is 1. The van der Waals surface area contributed by atoms with Crippen LogP contribution in [-0.4, -0.2) is 36.7 Å². The van der Waals surface area contributed by atoms with Gasteiger partial charge in [-0.15, -0.1) is 23.7 Å². The van der Waals surface area contributed by atoms with Crippen molar-refractivity contribution in [2.24, 2.45) is 0 Å². The minimum atomic E-state index is -0.436. The number of halogens is 1. The maximum Gasteiger partial charge on any atom is 0.255 e. The molecule has 2 heterocycles. The molecule has 1 aromatic heterocycles. The largest absolute Gasteiger partial charge is 0.366 e. The molecule has 0 aliphatic carbocycles. The number of nitrogens with one attached hydrogen (secondary N) is 2. The first-order chi connectivity index (χ1) is 9.84. The topological polar surface area (TPSA) is 63.2 Å². The van der Waals surface area contributed by atoms with Crippen molar-refractivity contribution in [1.29, 1.82) is 0 Å². The lowest BCUT2D eigenvalue weighted by molar-refractivity contribution is -0.128. The number of benzene rings is 1. The average Bonchev–Trinajstić information content (AvgIpc) is 2.97. The van der Waals surface area contributed by atoms with Crippen LogP contribution in [0, 0.1) is 0 Å². The lowest BCUT2D eigenvalue weighted by atomic mass is 10.1. The summed E-state index contributed by atoms with van der Waals surface area (Å²) in [4.78, 5) is 16.5. The molecule has 1 aliphatic heterocycles. The van der Waals surface area contributed by atoms with E-state index in [9.17, 15) is 4.79 Å². The Morgan fingerprint density at radius 3 is 2.90 bits per heavy atom. The monoisotopic (exact) mass is 325 g/mol. The maximum atomic E-state index is 12.2. The summed E-state index contributed by atoms with van der Waals surface area (Å²) in [5.74, 6) is -0.126. The predicted octanol–water partition coefficient (Wildman–Crippen LogP) is 2.16. The van der Waals surface area contributed by atoms with Gasteiger partial charge in [0, 0.05) is 18.7 Å². The number of carbonyl (C=O) groups excluding carboxylic acids is 1. The quantitative estimate of drug-likeness (QED) is 0.907. The van der Waals surface area contributed by atoms with E-state index in [0.717, 1.165) is 22.8 Å². The van der Waals surface area contributed by atoms with Crippen molar-refractivity contribution in [2.45, 2.75) is 6.10 Å². The van der Waals surface area contributed by atoms with Gasteiger partial charge in [-0.2, -0.15) is 0 Å². The second kappa shape index (κ2) is 7.51. The van der Waals surface area contributed by atoms with Crippen LogP contribution in [0.15, 0.2) is 35.8 Å². The number of hydrogen-bond acceptors (Lipinski definition) is 5. The van der Waals surface area contributed by atoms with Crippen molar-refractivity contribution in [3.05, 3.63) is 35.8 Å². The van der Waals surface area contributed by atoms with Gasteiger partial charge in [0.15, 0.2) is 0 Å². The Hall–Kier alpha value is -1.47. The Kier molecular flexibility index (Phi) is 5.69.